The number of hydrogen-bond acceptors (Lipinski definition) is 4. The van der Waals surface area contributed by atoms with Crippen molar-refractivity contribution in [3.8, 4) is 11.4 Å². The molecule has 0 saturated carbocycles. The first-order valence-electron chi connectivity index (χ1n) is 3.69. The van der Waals surface area contributed by atoms with Gasteiger partial charge in [0.05, 0.1) is 0 Å². The summed E-state index contributed by atoms with van der Waals surface area (Å²) in [6, 6.07) is 3.50. The summed E-state index contributed by atoms with van der Waals surface area (Å²) < 4.78 is 0. The molecule has 0 aliphatic carbocycles. The molecule has 0 radical (unpaired) electrons. The van der Waals surface area contributed by atoms with Crippen molar-refractivity contribution in [1.82, 2.24) is 20.2 Å². The molecule has 64 valence electrons. The van der Waals surface area contributed by atoms with Crippen molar-refractivity contribution in [3.63, 3.8) is 0 Å². The number of nitrogens with zero attached hydrogens (tertiary/aromatic N) is 3. The van der Waals surface area contributed by atoms with Crippen molar-refractivity contribution < 1.29 is 0 Å². The number of hydrogen-bond donors (Lipinski definition) is 1. The van der Waals surface area contributed by atoms with Crippen LogP contribution in [0.2, 0.25) is 0 Å². The van der Waals surface area contributed by atoms with E-state index in [9.17, 15) is 4.79 Å². The standard InChI is InChI=1S/C8H6N4O/c13-7-5-10-12-8(11-7)6-1-3-9-4-2-6/h1-5H,(H,11,12,13). The molecule has 1 N–H and O–H groups in total. The lowest BCUT2D eigenvalue weighted by molar-refractivity contribution is 0.954. The average molecular weight is 174 g/mol. The van der Waals surface area contributed by atoms with E-state index < -0.39 is 0 Å². The summed E-state index contributed by atoms with van der Waals surface area (Å²) in [5.74, 6) is 0.454. The zero-order valence-electron chi connectivity index (χ0n) is 6.64. The second-order valence-corrected chi connectivity index (χ2v) is 2.42. The van der Waals surface area contributed by atoms with E-state index in [-0.39, 0.29) is 5.56 Å². The third-order valence-electron chi connectivity index (χ3n) is 1.53. The Morgan fingerprint density at radius 1 is 1.23 bits per heavy atom. The van der Waals surface area contributed by atoms with Gasteiger partial charge in [-0.05, 0) is 12.1 Å². The van der Waals surface area contributed by atoms with Gasteiger partial charge in [0.15, 0.2) is 5.82 Å². The lowest BCUT2D eigenvalue weighted by atomic mass is 10.2. The van der Waals surface area contributed by atoms with E-state index in [2.05, 4.69) is 20.2 Å². The molecule has 0 saturated heterocycles. The number of aromatic amines is 1. The van der Waals surface area contributed by atoms with Gasteiger partial charge in [0.1, 0.15) is 6.20 Å². The fraction of sp³-hybridized carbons (Fsp3) is 0. The summed E-state index contributed by atoms with van der Waals surface area (Å²) in [6.45, 7) is 0. The van der Waals surface area contributed by atoms with Crippen LogP contribution in [0.3, 0.4) is 0 Å². The van der Waals surface area contributed by atoms with Gasteiger partial charge in [-0.2, -0.15) is 5.10 Å². The van der Waals surface area contributed by atoms with Crippen molar-refractivity contribution in [2.75, 3.05) is 0 Å². The first-order valence-corrected chi connectivity index (χ1v) is 3.69. The Morgan fingerprint density at radius 3 is 2.69 bits per heavy atom. The topological polar surface area (TPSA) is 71.5 Å². The van der Waals surface area contributed by atoms with Crippen LogP contribution in [0.25, 0.3) is 11.4 Å². The highest BCUT2D eigenvalue weighted by atomic mass is 16.1. The van der Waals surface area contributed by atoms with Crippen molar-refractivity contribution >= 4 is 0 Å². The summed E-state index contributed by atoms with van der Waals surface area (Å²) in [6.07, 6.45) is 4.38. The summed E-state index contributed by atoms with van der Waals surface area (Å²) in [5.41, 5.74) is 0.530. The van der Waals surface area contributed by atoms with Crippen LogP contribution in [0.1, 0.15) is 0 Å². The molecule has 0 atom stereocenters. The summed E-state index contributed by atoms with van der Waals surface area (Å²) in [4.78, 5) is 17.3. The summed E-state index contributed by atoms with van der Waals surface area (Å²) in [5, 5.41) is 7.32. The minimum atomic E-state index is -0.262. The molecule has 0 aliphatic heterocycles. The number of H-pyrrole nitrogens is 1. The molecule has 5 heteroatoms. The Bertz CT molecular complexity index is 451. The summed E-state index contributed by atoms with van der Waals surface area (Å²) >= 11 is 0. The largest absolute Gasteiger partial charge is 0.304 e. The number of aromatic nitrogens is 4. The van der Waals surface area contributed by atoms with Gasteiger partial charge in [0, 0.05) is 18.0 Å². The highest BCUT2D eigenvalue weighted by Gasteiger charge is 1.98. The molecule has 0 spiro atoms. The monoisotopic (exact) mass is 174 g/mol. The van der Waals surface area contributed by atoms with E-state index in [0.717, 1.165) is 11.8 Å². The Kier molecular flexibility index (Phi) is 1.84. The molecular formula is C8H6N4O. The Labute approximate surface area is 73.5 Å². The van der Waals surface area contributed by atoms with Crippen LogP contribution in [-0.4, -0.2) is 20.2 Å². The Hall–Kier alpha value is -2.04. The van der Waals surface area contributed by atoms with Crippen LogP contribution in [0.15, 0.2) is 35.5 Å². The normalized spacial score (nSPS) is 9.85. The molecular weight excluding hydrogens is 168 g/mol. The number of pyridine rings is 1. The highest BCUT2D eigenvalue weighted by Crippen LogP contribution is 2.08. The van der Waals surface area contributed by atoms with Crippen LogP contribution in [0.5, 0.6) is 0 Å². The van der Waals surface area contributed by atoms with E-state index in [0.29, 0.717) is 5.82 Å². The molecule has 5 nitrogen and oxygen atoms in total. The second-order valence-electron chi connectivity index (χ2n) is 2.42. The molecule has 0 aromatic carbocycles. The first kappa shape index (κ1) is 7.60. The molecule has 2 aromatic rings. The van der Waals surface area contributed by atoms with Gasteiger partial charge in [-0.3, -0.25) is 9.78 Å². The smallest absolute Gasteiger partial charge is 0.269 e. The zero-order valence-corrected chi connectivity index (χ0v) is 6.64. The quantitative estimate of drug-likeness (QED) is 0.671. The van der Waals surface area contributed by atoms with Crippen LogP contribution < -0.4 is 5.56 Å². The second kappa shape index (κ2) is 3.14. The van der Waals surface area contributed by atoms with E-state index in [1.807, 2.05) is 0 Å². The molecule has 0 amide bonds. The maximum absolute atomic E-state index is 10.9. The van der Waals surface area contributed by atoms with Crippen molar-refractivity contribution in [2.45, 2.75) is 0 Å². The Balaban J connectivity index is 2.54. The van der Waals surface area contributed by atoms with Crippen molar-refractivity contribution in [2.24, 2.45) is 0 Å². The van der Waals surface area contributed by atoms with Gasteiger partial charge >= 0.3 is 0 Å². The molecule has 2 aromatic heterocycles. The zero-order chi connectivity index (χ0) is 9.10. The molecule has 0 unspecified atom stereocenters. The van der Waals surface area contributed by atoms with E-state index >= 15 is 0 Å². The molecule has 0 fully saturated rings. The van der Waals surface area contributed by atoms with Crippen molar-refractivity contribution in [3.05, 3.63) is 41.1 Å². The maximum Gasteiger partial charge on any atom is 0.269 e. The van der Waals surface area contributed by atoms with E-state index in [1.54, 1.807) is 24.5 Å². The van der Waals surface area contributed by atoms with Crippen molar-refractivity contribution in [1.29, 1.82) is 0 Å². The van der Waals surface area contributed by atoms with Crippen LogP contribution >= 0.6 is 0 Å². The first-order chi connectivity index (χ1) is 6.36. The number of rotatable bonds is 1. The summed E-state index contributed by atoms with van der Waals surface area (Å²) in [7, 11) is 0. The third kappa shape index (κ3) is 1.58. The minimum Gasteiger partial charge on any atom is -0.304 e. The maximum atomic E-state index is 10.9. The molecule has 0 bridgehead atoms. The number of nitrogens with one attached hydrogen (secondary N) is 1. The average Bonchev–Trinajstić information content (AvgIpc) is 2.19. The van der Waals surface area contributed by atoms with E-state index in [1.165, 1.54) is 0 Å². The molecule has 2 rings (SSSR count). The van der Waals surface area contributed by atoms with Gasteiger partial charge in [0.25, 0.3) is 5.56 Å². The van der Waals surface area contributed by atoms with Gasteiger partial charge in [0.2, 0.25) is 0 Å². The molecule has 0 aliphatic rings. The highest BCUT2D eigenvalue weighted by molar-refractivity contribution is 5.52. The van der Waals surface area contributed by atoms with Gasteiger partial charge in [-0.1, -0.05) is 0 Å². The Morgan fingerprint density at radius 2 is 2.00 bits per heavy atom. The van der Waals surface area contributed by atoms with Crippen LogP contribution in [0, 0.1) is 0 Å². The minimum absolute atomic E-state index is 0.262. The SMILES string of the molecule is O=c1cnnc(-c2ccncc2)[nH]1. The molecule has 2 heterocycles. The predicted octanol–water partition coefficient (Wildman–Crippen LogP) is 0.227. The third-order valence-corrected chi connectivity index (χ3v) is 1.53. The lowest BCUT2D eigenvalue weighted by Crippen LogP contribution is -2.08. The molecule has 13 heavy (non-hydrogen) atoms. The predicted molar refractivity (Wildman–Crippen MR) is 45.9 cm³/mol. The van der Waals surface area contributed by atoms with Gasteiger partial charge in [-0.15, -0.1) is 5.10 Å². The van der Waals surface area contributed by atoms with Crippen LogP contribution in [-0.2, 0) is 0 Å². The van der Waals surface area contributed by atoms with Crippen LogP contribution in [0.4, 0.5) is 0 Å². The fourth-order valence-electron chi connectivity index (χ4n) is 0.953. The van der Waals surface area contributed by atoms with Gasteiger partial charge < -0.3 is 4.98 Å². The van der Waals surface area contributed by atoms with E-state index in [4.69, 9.17) is 0 Å². The van der Waals surface area contributed by atoms with Gasteiger partial charge in [-0.25, -0.2) is 0 Å². The fourth-order valence-corrected chi connectivity index (χ4v) is 0.953. The lowest BCUT2D eigenvalue weighted by Gasteiger charge is -1.95.